The molecule has 9 rings (SSSR count). The maximum Gasteiger partial charge on any atom is 0.0788 e. The third-order valence-electron chi connectivity index (χ3n) is 9.82. The summed E-state index contributed by atoms with van der Waals surface area (Å²) in [5.41, 5.74) is 11.3. The van der Waals surface area contributed by atoms with Crippen molar-refractivity contribution in [1.29, 1.82) is 0 Å². The second-order valence-corrected chi connectivity index (χ2v) is 13.0. The number of hydrogen-bond donors (Lipinski definition) is 0. The molecule has 0 aliphatic heterocycles. The molecular formula is C50H36N2. The second-order valence-electron chi connectivity index (χ2n) is 13.0. The van der Waals surface area contributed by atoms with Gasteiger partial charge in [0.25, 0.3) is 0 Å². The molecule has 0 aliphatic rings. The average Bonchev–Trinajstić information content (AvgIpc) is 3.24. The Morgan fingerprint density at radius 2 is 0.442 bits per heavy atom. The minimum atomic E-state index is 1.08. The lowest BCUT2D eigenvalue weighted by atomic mass is 9.95. The van der Waals surface area contributed by atoms with Crippen molar-refractivity contribution in [2.75, 3.05) is 9.80 Å². The van der Waals surface area contributed by atoms with Crippen LogP contribution in [-0.2, 0) is 0 Å². The van der Waals surface area contributed by atoms with E-state index >= 15 is 0 Å². The Morgan fingerprint density at radius 3 is 0.788 bits per heavy atom. The summed E-state index contributed by atoms with van der Waals surface area (Å²) >= 11 is 0. The van der Waals surface area contributed by atoms with E-state index in [9.17, 15) is 0 Å². The highest BCUT2D eigenvalue weighted by Crippen LogP contribution is 2.53. The molecule has 0 spiro atoms. The molecule has 0 saturated heterocycles. The molecule has 0 bridgehead atoms. The maximum absolute atomic E-state index is 2.44. The molecular weight excluding hydrogens is 629 g/mol. The summed E-state index contributed by atoms with van der Waals surface area (Å²) in [5.74, 6) is 0. The summed E-state index contributed by atoms with van der Waals surface area (Å²) in [5, 5.41) is 4.78. The highest BCUT2D eigenvalue weighted by atomic mass is 15.2. The first-order valence-electron chi connectivity index (χ1n) is 17.8. The highest BCUT2D eigenvalue weighted by molar-refractivity contribution is 6.23. The van der Waals surface area contributed by atoms with Crippen molar-refractivity contribution >= 4 is 55.7 Å². The maximum atomic E-state index is 2.44. The molecule has 52 heavy (non-hydrogen) atoms. The van der Waals surface area contributed by atoms with Crippen LogP contribution in [0.2, 0.25) is 0 Å². The molecule has 2 nitrogen and oxygen atoms in total. The lowest BCUT2D eigenvalue weighted by molar-refractivity contribution is 1.25. The Hall–Kier alpha value is -6.90. The first kappa shape index (κ1) is 31.1. The minimum absolute atomic E-state index is 1.08. The average molecular weight is 665 g/mol. The predicted molar refractivity (Wildman–Crippen MR) is 222 cm³/mol. The van der Waals surface area contributed by atoms with Gasteiger partial charge in [-0.2, -0.15) is 0 Å². The van der Waals surface area contributed by atoms with Gasteiger partial charge in [-0.1, -0.05) is 170 Å². The number of fused-ring (bicyclic) bond motifs is 3. The van der Waals surface area contributed by atoms with Crippen LogP contribution in [0.4, 0.5) is 34.1 Å². The van der Waals surface area contributed by atoms with E-state index in [1.165, 1.54) is 43.8 Å². The standard InChI is InChI=1S/C50H36N2/c1-5-17-37(18-6-1)39-29-33-43(34-30-39)51(41-21-9-3-10-22-41)49-47-27-15-13-25-45(47)46-26-14-16-28-48(46)50(49)52(42-23-11-4-12-24-42)44-35-31-40(32-36-44)38-19-7-2-8-20-38/h1-36H. The van der Waals surface area contributed by atoms with Crippen LogP contribution in [0.3, 0.4) is 0 Å². The molecule has 0 amide bonds. The van der Waals surface area contributed by atoms with Crippen LogP contribution in [0, 0.1) is 0 Å². The number of anilines is 6. The lowest BCUT2D eigenvalue weighted by Gasteiger charge is -2.35. The molecule has 9 aromatic carbocycles. The molecule has 0 aliphatic carbocycles. The van der Waals surface area contributed by atoms with Crippen molar-refractivity contribution in [2.45, 2.75) is 0 Å². The fourth-order valence-corrected chi connectivity index (χ4v) is 7.39. The van der Waals surface area contributed by atoms with Gasteiger partial charge in [-0.3, -0.25) is 0 Å². The van der Waals surface area contributed by atoms with Crippen molar-refractivity contribution in [3.05, 3.63) is 218 Å². The van der Waals surface area contributed by atoms with Crippen LogP contribution in [0.5, 0.6) is 0 Å². The zero-order valence-corrected chi connectivity index (χ0v) is 28.7. The zero-order valence-electron chi connectivity index (χ0n) is 28.7. The van der Waals surface area contributed by atoms with Crippen LogP contribution < -0.4 is 9.80 Å². The van der Waals surface area contributed by atoms with E-state index in [1.807, 2.05) is 0 Å². The van der Waals surface area contributed by atoms with Gasteiger partial charge in [0.1, 0.15) is 0 Å². The van der Waals surface area contributed by atoms with Gasteiger partial charge in [-0.25, -0.2) is 0 Å². The van der Waals surface area contributed by atoms with E-state index in [0.717, 1.165) is 34.1 Å². The number of hydrogen-bond acceptors (Lipinski definition) is 2. The first-order chi connectivity index (χ1) is 25.8. The summed E-state index contributed by atoms with van der Waals surface area (Å²) in [6.45, 7) is 0. The van der Waals surface area contributed by atoms with E-state index < -0.39 is 0 Å². The Bertz CT molecular complexity index is 2400. The van der Waals surface area contributed by atoms with Gasteiger partial charge in [0.05, 0.1) is 11.4 Å². The van der Waals surface area contributed by atoms with Crippen molar-refractivity contribution in [1.82, 2.24) is 0 Å². The van der Waals surface area contributed by atoms with Gasteiger partial charge in [0, 0.05) is 33.5 Å². The zero-order chi connectivity index (χ0) is 34.7. The smallest absolute Gasteiger partial charge is 0.0788 e. The summed E-state index contributed by atoms with van der Waals surface area (Å²) in [7, 11) is 0. The molecule has 2 heteroatoms. The largest absolute Gasteiger partial charge is 0.308 e. The summed E-state index contributed by atoms with van der Waals surface area (Å²) < 4.78 is 0. The van der Waals surface area contributed by atoms with Gasteiger partial charge in [0.15, 0.2) is 0 Å². The predicted octanol–water partition coefficient (Wildman–Crippen LogP) is 14.3. The number of nitrogens with zero attached hydrogens (tertiary/aromatic N) is 2. The third-order valence-corrected chi connectivity index (χ3v) is 9.82. The molecule has 0 saturated carbocycles. The molecule has 0 aromatic heterocycles. The Balaban J connectivity index is 1.35. The number of para-hydroxylation sites is 2. The summed E-state index contributed by atoms with van der Waals surface area (Å²) in [6, 6.07) is 78.3. The van der Waals surface area contributed by atoms with Gasteiger partial charge in [-0.05, 0) is 81.6 Å². The van der Waals surface area contributed by atoms with Crippen LogP contribution in [0.1, 0.15) is 0 Å². The van der Waals surface area contributed by atoms with E-state index in [0.29, 0.717) is 0 Å². The third kappa shape index (κ3) is 5.77. The van der Waals surface area contributed by atoms with Crippen LogP contribution in [0.25, 0.3) is 43.8 Å². The number of rotatable bonds is 8. The normalized spacial score (nSPS) is 11.1. The molecule has 0 heterocycles. The monoisotopic (exact) mass is 664 g/mol. The SMILES string of the molecule is c1ccc(-c2ccc(N(c3ccccc3)c3c(N(c4ccccc4)c4ccc(-c5ccccc5)cc4)c4ccccc4c4ccccc34)cc2)cc1. The van der Waals surface area contributed by atoms with Crippen molar-refractivity contribution in [3.63, 3.8) is 0 Å². The van der Waals surface area contributed by atoms with E-state index in [1.54, 1.807) is 0 Å². The van der Waals surface area contributed by atoms with Crippen LogP contribution >= 0.6 is 0 Å². The summed E-state index contributed by atoms with van der Waals surface area (Å²) in [6.07, 6.45) is 0. The Kier molecular flexibility index (Phi) is 8.24. The van der Waals surface area contributed by atoms with Crippen molar-refractivity contribution in [3.8, 4) is 22.3 Å². The van der Waals surface area contributed by atoms with E-state index in [2.05, 4.69) is 228 Å². The molecule has 0 fully saturated rings. The number of benzene rings is 9. The molecule has 0 atom stereocenters. The Morgan fingerprint density at radius 1 is 0.192 bits per heavy atom. The Labute approximate surface area is 305 Å². The topological polar surface area (TPSA) is 6.48 Å². The van der Waals surface area contributed by atoms with Crippen molar-refractivity contribution < 1.29 is 0 Å². The second kappa shape index (κ2) is 13.8. The van der Waals surface area contributed by atoms with Crippen molar-refractivity contribution in [2.24, 2.45) is 0 Å². The van der Waals surface area contributed by atoms with Gasteiger partial charge in [-0.15, -0.1) is 0 Å². The van der Waals surface area contributed by atoms with Crippen LogP contribution in [0.15, 0.2) is 218 Å². The molecule has 246 valence electrons. The molecule has 0 N–H and O–H groups in total. The fourth-order valence-electron chi connectivity index (χ4n) is 7.39. The first-order valence-corrected chi connectivity index (χ1v) is 17.8. The quantitative estimate of drug-likeness (QED) is 0.118. The van der Waals surface area contributed by atoms with E-state index in [-0.39, 0.29) is 0 Å². The fraction of sp³-hybridized carbons (Fsp3) is 0. The van der Waals surface area contributed by atoms with E-state index in [4.69, 9.17) is 0 Å². The molecule has 0 unspecified atom stereocenters. The van der Waals surface area contributed by atoms with Gasteiger partial charge in [0.2, 0.25) is 0 Å². The highest BCUT2D eigenvalue weighted by Gasteiger charge is 2.27. The molecule has 9 aromatic rings. The summed E-state index contributed by atoms with van der Waals surface area (Å²) in [4.78, 5) is 4.88. The lowest BCUT2D eigenvalue weighted by Crippen LogP contribution is -2.18. The molecule has 0 radical (unpaired) electrons. The van der Waals surface area contributed by atoms with Gasteiger partial charge >= 0.3 is 0 Å². The minimum Gasteiger partial charge on any atom is -0.308 e. The van der Waals surface area contributed by atoms with Gasteiger partial charge < -0.3 is 9.80 Å². The van der Waals surface area contributed by atoms with Crippen LogP contribution in [-0.4, -0.2) is 0 Å².